The molecular weight excluding hydrogens is 366 g/mol. The molecule has 1 fully saturated rings. The molecule has 0 radical (unpaired) electrons. The summed E-state index contributed by atoms with van der Waals surface area (Å²) in [6.45, 7) is 1.94. The van der Waals surface area contributed by atoms with Gasteiger partial charge in [0.15, 0.2) is 0 Å². The van der Waals surface area contributed by atoms with Gasteiger partial charge in [-0.2, -0.15) is 0 Å². The van der Waals surface area contributed by atoms with Gasteiger partial charge >= 0.3 is 5.63 Å². The van der Waals surface area contributed by atoms with Crippen LogP contribution in [0.4, 0.5) is 0 Å². The number of carbonyl (C=O) groups excluding carboxylic acids is 1. The Labute approximate surface area is 172 Å². The first-order valence-corrected chi connectivity index (χ1v) is 10.7. The molecular formula is C24H31NO4. The van der Waals surface area contributed by atoms with E-state index in [1.165, 1.54) is 12.0 Å². The number of benzene rings is 1. The molecule has 3 rings (SSSR count). The highest BCUT2D eigenvalue weighted by atomic mass is 16.4. The Hall–Kier alpha value is -2.40. The van der Waals surface area contributed by atoms with Crippen molar-refractivity contribution in [1.82, 2.24) is 4.90 Å². The third-order valence-electron chi connectivity index (χ3n) is 5.76. The molecule has 0 spiro atoms. The lowest BCUT2D eigenvalue weighted by Crippen LogP contribution is -2.44. The number of hydrogen-bond acceptors (Lipinski definition) is 4. The molecule has 0 atom stereocenters. The fourth-order valence-electron chi connectivity index (χ4n) is 4.26. The summed E-state index contributed by atoms with van der Waals surface area (Å²) < 4.78 is 5.50. The van der Waals surface area contributed by atoms with Gasteiger partial charge in [-0.15, -0.1) is 0 Å². The first kappa shape index (κ1) is 21.3. The Balaban J connectivity index is 1.71. The quantitative estimate of drug-likeness (QED) is 0.734. The van der Waals surface area contributed by atoms with Crippen LogP contribution in [0.3, 0.4) is 0 Å². The summed E-state index contributed by atoms with van der Waals surface area (Å²) in [5.41, 5.74) is 1.45. The van der Waals surface area contributed by atoms with Gasteiger partial charge in [0.2, 0.25) is 0 Å². The summed E-state index contributed by atoms with van der Waals surface area (Å²) in [4.78, 5) is 27.5. The summed E-state index contributed by atoms with van der Waals surface area (Å²) in [5.74, 6) is 0.305. The molecule has 29 heavy (non-hydrogen) atoms. The van der Waals surface area contributed by atoms with Crippen molar-refractivity contribution in [2.24, 2.45) is 0 Å². The predicted octanol–water partition coefficient (Wildman–Crippen LogP) is 3.89. The number of rotatable bonds is 8. The highest BCUT2D eigenvalue weighted by molar-refractivity contribution is 5.95. The Kier molecular flexibility index (Phi) is 7.64. The lowest BCUT2D eigenvalue weighted by Gasteiger charge is -2.34. The second kappa shape index (κ2) is 10.4. The van der Waals surface area contributed by atoms with Crippen molar-refractivity contribution in [3.8, 4) is 0 Å². The molecule has 156 valence electrons. The summed E-state index contributed by atoms with van der Waals surface area (Å²) >= 11 is 0. The second-order valence-corrected chi connectivity index (χ2v) is 7.91. The smallest absolute Gasteiger partial charge is 0.349 e. The van der Waals surface area contributed by atoms with Crippen LogP contribution in [0.25, 0.3) is 0 Å². The van der Waals surface area contributed by atoms with E-state index in [-0.39, 0.29) is 30.7 Å². The maximum absolute atomic E-state index is 13.1. The first-order chi connectivity index (χ1) is 14.1. The van der Waals surface area contributed by atoms with E-state index in [1.54, 1.807) is 11.8 Å². The van der Waals surface area contributed by atoms with Crippen molar-refractivity contribution in [2.45, 2.75) is 64.3 Å². The van der Waals surface area contributed by atoms with Crippen LogP contribution in [0.5, 0.6) is 0 Å². The van der Waals surface area contributed by atoms with Crippen molar-refractivity contribution in [3.05, 3.63) is 69.3 Å². The van der Waals surface area contributed by atoms with Crippen LogP contribution in [0, 0.1) is 6.92 Å². The Morgan fingerprint density at radius 1 is 1.14 bits per heavy atom. The molecule has 0 aliphatic heterocycles. The summed E-state index contributed by atoms with van der Waals surface area (Å²) in [7, 11) is 0. The van der Waals surface area contributed by atoms with Crippen LogP contribution in [0.1, 0.15) is 65.8 Å². The Bertz CT molecular complexity index is 853. The van der Waals surface area contributed by atoms with Crippen LogP contribution in [0.15, 0.2) is 45.6 Å². The maximum Gasteiger partial charge on any atom is 0.349 e. The average Bonchev–Trinajstić information content (AvgIpc) is 2.73. The highest BCUT2D eigenvalue weighted by Gasteiger charge is 2.29. The lowest BCUT2D eigenvalue weighted by molar-refractivity contribution is 0.0579. The standard InChI is InChI=1S/C24H31NO4/c1-18-17-21(14-8-11-19-9-4-2-5-10-19)29-24(28)22(18)23(27)25(15-16-26)20-12-6-3-7-13-20/h2,4-5,9-10,17,20,26H,3,6-8,11-16H2,1H3. The van der Waals surface area contributed by atoms with E-state index in [2.05, 4.69) is 12.1 Å². The minimum absolute atomic E-state index is 0.0905. The number of aliphatic hydroxyl groups excluding tert-OH is 1. The minimum atomic E-state index is -0.566. The van der Waals surface area contributed by atoms with E-state index in [4.69, 9.17) is 4.42 Å². The van der Waals surface area contributed by atoms with Crippen LogP contribution in [0.2, 0.25) is 0 Å². The number of aliphatic hydroxyl groups is 1. The molecule has 5 heteroatoms. The van der Waals surface area contributed by atoms with E-state index in [1.807, 2.05) is 24.3 Å². The molecule has 0 saturated heterocycles. The summed E-state index contributed by atoms with van der Waals surface area (Å²) in [6.07, 6.45) is 7.62. The average molecular weight is 398 g/mol. The molecule has 5 nitrogen and oxygen atoms in total. The van der Waals surface area contributed by atoms with Gasteiger partial charge in [0.05, 0.1) is 6.61 Å². The van der Waals surface area contributed by atoms with Crippen molar-refractivity contribution < 1.29 is 14.3 Å². The third kappa shape index (κ3) is 5.57. The van der Waals surface area contributed by atoms with E-state index < -0.39 is 5.63 Å². The Morgan fingerprint density at radius 2 is 1.86 bits per heavy atom. The van der Waals surface area contributed by atoms with E-state index >= 15 is 0 Å². The molecule has 1 amide bonds. The normalized spacial score (nSPS) is 14.7. The molecule has 2 aromatic rings. The van der Waals surface area contributed by atoms with E-state index in [9.17, 15) is 14.7 Å². The molecule has 1 aromatic carbocycles. The maximum atomic E-state index is 13.1. The van der Waals surface area contributed by atoms with E-state index in [0.717, 1.165) is 38.5 Å². The van der Waals surface area contributed by atoms with Gasteiger partial charge in [-0.05, 0) is 49.8 Å². The fourth-order valence-corrected chi connectivity index (χ4v) is 4.26. The predicted molar refractivity (Wildman–Crippen MR) is 113 cm³/mol. The first-order valence-electron chi connectivity index (χ1n) is 10.7. The molecule has 1 aliphatic rings. The topological polar surface area (TPSA) is 70.8 Å². The Morgan fingerprint density at radius 3 is 2.52 bits per heavy atom. The van der Waals surface area contributed by atoms with Crippen LogP contribution < -0.4 is 5.63 Å². The zero-order chi connectivity index (χ0) is 20.6. The minimum Gasteiger partial charge on any atom is -0.427 e. The lowest BCUT2D eigenvalue weighted by atomic mass is 9.93. The highest BCUT2D eigenvalue weighted by Crippen LogP contribution is 2.24. The monoisotopic (exact) mass is 397 g/mol. The van der Waals surface area contributed by atoms with Crippen molar-refractivity contribution >= 4 is 5.91 Å². The van der Waals surface area contributed by atoms with Gasteiger partial charge in [-0.25, -0.2) is 4.79 Å². The summed E-state index contributed by atoms with van der Waals surface area (Å²) in [5, 5.41) is 9.44. The number of amides is 1. The number of carbonyl (C=O) groups is 1. The van der Waals surface area contributed by atoms with Crippen LogP contribution >= 0.6 is 0 Å². The number of nitrogens with zero attached hydrogens (tertiary/aromatic N) is 1. The molecule has 1 heterocycles. The van der Waals surface area contributed by atoms with Crippen molar-refractivity contribution in [2.75, 3.05) is 13.2 Å². The van der Waals surface area contributed by atoms with Gasteiger partial charge < -0.3 is 14.4 Å². The largest absolute Gasteiger partial charge is 0.427 e. The van der Waals surface area contributed by atoms with Crippen LogP contribution in [-0.4, -0.2) is 35.1 Å². The molecule has 1 N–H and O–H groups in total. The molecule has 0 unspecified atom stereocenters. The van der Waals surface area contributed by atoms with Crippen LogP contribution in [-0.2, 0) is 12.8 Å². The third-order valence-corrected chi connectivity index (χ3v) is 5.76. The second-order valence-electron chi connectivity index (χ2n) is 7.91. The number of hydrogen-bond donors (Lipinski definition) is 1. The molecule has 1 saturated carbocycles. The molecule has 1 aromatic heterocycles. The van der Waals surface area contributed by atoms with E-state index in [0.29, 0.717) is 17.7 Å². The van der Waals surface area contributed by atoms with Gasteiger partial charge in [0.25, 0.3) is 5.91 Å². The molecule has 1 aliphatic carbocycles. The zero-order valence-corrected chi connectivity index (χ0v) is 17.2. The number of aryl methyl sites for hydroxylation is 3. The van der Waals surface area contributed by atoms with Gasteiger partial charge in [-0.3, -0.25) is 4.79 Å². The van der Waals surface area contributed by atoms with Gasteiger partial charge in [-0.1, -0.05) is 49.6 Å². The SMILES string of the molecule is Cc1cc(CCCc2ccccc2)oc(=O)c1C(=O)N(CCO)C1CCCCC1. The van der Waals surface area contributed by atoms with Gasteiger partial charge in [0.1, 0.15) is 11.3 Å². The summed E-state index contributed by atoms with van der Waals surface area (Å²) in [6, 6.07) is 12.1. The molecule has 0 bridgehead atoms. The zero-order valence-electron chi connectivity index (χ0n) is 17.2. The van der Waals surface area contributed by atoms with Crippen molar-refractivity contribution in [1.29, 1.82) is 0 Å². The van der Waals surface area contributed by atoms with Crippen molar-refractivity contribution in [3.63, 3.8) is 0 Å². The fraction of sp³-hybridized carbons (Fsp3) is 0.500. The van der Waals surface area contributed by atoms with Gasteiger partial charge in [0, 0.05) is 19.0 Å².